The fraction of sp³-hybridized carbons (Fsp3) is 0.290. The molecule has 3 amide bonds. The van der Waals surface area contributed by atoms with Crippen LogP contribution in [-0.2, 0) is 18.4 Å². The topological polar surface area (TPSA) is 129 Å². The molecule has 0 spiro atoms. The number of rotatable bonds is 8. The van der Waals surface area contributed by atoms with Crippen molar-refractivity contribution in [1.29, 1.82) is 5.41 Å². The van der Waals surface area contributed by atoms with E-state index in [2.05, 4.69) is 16.0 Å². The molecular weight excluding hydrogens is 591 g/mol. The van der Waals surface area contributed by atoms with Crippen LogP contribution >= 0.6 is 23.2 Å². The summed E-state index contributed by atoms with van der Waals surface area (Å²) < 4.78 is 6.95. The van der Waals surface area contributed by atoms with Gasteiger partial charge in [-0.2, -0.15) is 0 Å². The number of amides is 3. The number of nitrogens with one attached hydrogen (secondary N) is 4. The molecule has 1 fully saturated rings. The third-order valence-electron chi connectivity index (χ3n) is 7.12. The number of methoxy groups -OCH3 is 1. The number of carbonyl (C=O) groups is 2. The predicted molar refractivity (Wildman–Crippen MR) is 170 cm³/mol. The van der Waals surface area contributed by atoms with Gasteiger partial charge in [0, 0.05) is 43.0 Å². The van der Waals surface area contributed by atoms with Crippen LogP contribution in [0.25, 0.3) is 0 Å². The molecule has 2 aromatic carbocycles. The lowest BCUT2D eigenvalue weighted by molar-refractivity contribution is -0.119. The van der Waals surface area contributed by atoms with E-state index in [0.29, 0.717) is 40.0 Å². The molecule has 0 bridgehead atoms. The number of hydrogen-bond donors (Lipinski definition) is 4. The van der Waals surface area contributed by atoms with Gasteiger partial charge in [-0.05, 0) is 59.9 Å². The van der Waals surface area contributed by atoms with E-state index in [9.17, 15) is 14.4 Å². The first-order valence-electron chi connectivity index (χ1n) is 13.6. The Bertz CT molecular complexity index is 1670. The molecule has 1 atom stereocenters. The lowest BCUT2D eigenvalue weighted by atomic mass is 9.87. The summed E-state index contributed by atoms with van der Waals surface area (Å²) in [6.07, 6.45) is 1.54. The Labute approximate surface area is 260 Å². The fourth-order valence-corrected chi connectivity index (χ4v) is 5.52. The highest BCUT2D eigenvalue weighted by molar-refractivity contribution is 6.31. The zero-order valence-corrected chi connectivity index (χ0v) is 26.3. The van der Waals surface area contributed by atoms with Crippen molar-refractivity contribution in [3.8, 4) is 5.75 Å². The average molecular weight is 626 g/mol. The minimum atomic E-state index is -0.800. The van der Waals surface area contributed by atoms with Gasteiger partial charge in [-0.1, -0.05) is 49.2 Å². The summed E-state index contributed by atoms with van der Waals surface area (Å²) in [7, 11) is 3.12. The van der Waals surface area contributed by atoms with Gasteiger partial charge in [-0.25, -0.2) is 4.79 Å². The van der Waals surface area contributed by atoms with Crippen molar-refractivity contribution in [1.82, 2.24) is 15.2 Å². The van der Waals surface area contributed by atoms with E-state index >= 15 is 0 Å². The summed E-state index contributed by atoms with van der Waals surface area (Å²) in [4.78, 5) is 39.1. The van der Waals surface area contributed by atoms with E-state index in [4.69, 9.17) is 33.3 Å². The van der Waals surface area contributed by atoms with Crippen LogP contribution in [0.1, 0.15) is 43.5 Å². The number of aromatic nitrogens is 1. The molecule has 0 aliphatic carbocycles. The molecule has 1 unspecified atom stereocenters. The van der Waals surface area contributed by atoms with E-state index < -0.39 is 17.6 Å². The molecule has 3 aromatic rings. The van der Waals surface area contributed by atoms with Crippen LogP contribution < -0.4 is 31.1 Å². The fourth-order valence-electron chi connectivity index (χ4n) is 5.05. The lowest BCUT2D eigenvalue weighted by Crippen LogP contribution is -2.53. The minimum absolute atomic E-state index is 0.0477. The molecule has 4 rings (SSSR count). The van der Waals surface area contributed by atoms with Crippen LogP contribution in [0.5, 0.6) is 5.75 Å². The number of anilines is 2. The molecule has 4 N–H and O–H groups in total. The molecule has 0 saturated carbocycles. The predicted octanol–water partition coefficient (Wildman–Crippen LogP) is 5.92. The third kappa shape index (κ3) is 6.71. The highest BCUT2D eigenvalue weighted by Crippen LogP contribution is 2.41. The van der Waals surface area contributed by atoms with Crippen molar-refractivity contribution in [3.05, 3.63) is 97.0 Å². The Kier molecular flexibility index (Phi) is 9.52. The Balaban J connectivity index is 1.99. The van der Waals surface area contributed by atoms with Gasteiger partial charge in [-0.3, -0.25) is 25.2 Å². The third-order valence-corrected chi connectivity index (χ3v) is 7.63. The number of aryl methyl sites for hydroxylation is 2. The number of benzene rings is 2. The summed E-state index contributed by atoms with van der Waals surface area (Å²) in [6, 6.07) is 11.0. The highest BCUT2D eigenvalue weighted by atomic mass is 35.5. The van der Waals surface area contributed by atoms with Crippen molar-refractivity contribution in [2.75, 3.05) is 17.3 Å². The average Bonchev–Trinajstić information content (AvgIpc) is 2.93. The second-order valence-electron chi connectivity index (χ2n) is 10.6. The van der Waals surface area contributed by atoms with Crippen LogP contribution in [0.15, 0.2) is 64.7 Å². The monoisotopic (exact) mass is 624 g/mol. The molecule has 1 aliphatic heterocycles. The highest BCUT2D eigenvalue weighted by Gasteiger charge is 2.40. The summed E-state index contributed by atoms with van der Waals surface area (Å²) in [6.45, 7) is 7.62. The number of ether oxygens (including phenoxy) is 1. The van der Waals surface area contributed by atoms with Crippen LogP contribution in [0, 0.1) is 18.3 Å². The van der Waals surface area contributed by atoms with Crippen molar-refractivity contribution in [3.63, 3.8) is 0 Å². The van der Waals surface area contributed by atoms with Gasteiger partial charge < -0.3 is 19.9 Å². The van der Waals surface area contributed by atoms with Crippen molar-refractivity contribution in [2.45, 2.75) is 40.3 Å². The Hall–Kier alpha value is -4.28. The van der Waals surface area contributed by atoms with Crippen molar-refractivity contribution in [2.24, 2.45) is 13.0 Å². The molecule has 12 heteroatoms. The first-order valence-corrected chi connectivity index (χ1v) is 14.3. The van der Waals surface area contributed by atoms with E-state index in [1.165, 1.54) is 28.7 Å². The molecule has 226 valence electrons. The van der Waals surface area contributed by atoms with Crippen LogP contribution in [0.3, 0.4) is 0 Å². The number of halogens is 2. The molecule has 0 radical (unpaired) electrons. The molecule has 1 aromatic heterocycles. The summed E-state index contributed by atoms with van der Waals surface area (Å²) in [5.74, 6) is 0.162. The Morgan fingerprint density at radius 3 is 2.47 bits per heavy atom. The van der Waals surface area contributed by atoms with Gasteiger partial charge in [0.2, 0.25) is 5.91 Å². The lowest BCUT2D eigenvalue weighted by Gasteiger charge is -2.40. The zero-order chi connectivity index (χ0) is 31.6. The molecule has 1 saturated heterocycles. The van der Waals surface area contributed by atoms with E-state index in [1.807, 2.05) is 39.0 Å². The molecule has 2 heterocycles. The normalized spacial score (nSPS) is 16.2. The number of pyridine rings is 1. The maximum Gasteiger partial charge on any atom is 0.328 e. The van der Waals surface area contributed by atoms with Crippen LogP contribution in [-0.4, -0.2) is 29.5 Å². The first kappa shape index (κ1) is 31.7. The SMILES string of the molecule is COc1ccc(CNC(C)=O)cc1N/C(=C1\C(=N)NC(=O)N(c2cc(Cl)c(=O)n(C)c2)C1c1ccc(Cl)cc1C)C(C)C. The van der Waals surface area contributed by atoms with Gasteiger partial charge in [-0.15, -0.1) is 0 Å². The number of allylic oxidation sites excluding steroid dienone is 1. The second-order valence-corrected chi connectivity index (χ2v) is 11.4. The van der Waals surface area contributed by atoms with Crippen molar-refractivity contribution >= 4 is 52.4 Å². The summed E-state index contributed by atoms with van der Waals surface area (Å²) >= 11 is 12.6. The van der Waals surface area contributed by atoms with Crippen LogP contribution in [0.4, 0.5) is 16.2 Å². The second kappa shape index (κ2) is 12.9. The maximum atomic E-state index is 13.7. The zero-order valence-electron chi connectivity index (χ0n) is 24.8. The van der Waals surface area contributed by atoms with Gasteiger partial charge in [0.15, 0.2) is 0 Å². The minimum Gasteiger partial charge on any atom is -0.495 e. The Morgan fingerprint density at radius 2 is 1.86 bits per heavy atom. The quantitative estimate of drug-likeness (QED) is 0.247. The van der Waals surface area contributed by atoms with Gasteiger partial charge >= 0.3 is 6.03 Å². The van der Waals surface area contributed by atoms with Gasteiger partial charge in [0.1, 0.15) is 16.6 Å². The molecule has 1 aliphatic rings. The Morgan fingerprint density at radius 1 is 1.14 bits per heavy atom. The van der Waals surface area contributed by atoms with Crippen molar-refractivity contribution < 1.29 is 14.3 Å². The first-order chi connectivity index (χ1) is 20.3. The largest absolute Gasteiger partial charge is 0.495 e. The number of nitrogens with zero attached hydrogens (tertiary/aromatic N) is 2. The number of amidine groups is 1. The summed E-state index contributed by atoms with van der Waals surface area (Å²) in [5, 5.41) is 18.5. The van der Waals surface area contributed by atoms with E-state index in [1.54, 1.807) is 32.4 Å². The van der Waals surface area contributed by atoms with Gasteiger partial charge in [0.25, 0.3) is 5.56 Å². The smallest absolute Gasteiger partial charge is 0.328 e. The van der Waals surface area contributed by atoms with Gasteiger partial charge in [0.05, 0.1) is 24.5 Å². The molecular formula is C31H34Cl2N6O4. The molecule has 10 nitrogen and oxygen atoms in total. The molecule has 43 heavy (non-hydrogen) atoms. The van der Waals surface area contributed by atoms with Crippen LogP contribution in [0.2, 0.25) is 10.0 Å². The summed E-state index contributed by atoms with van der Waals surface area (Å²) in [5.41, 5.74) is 4.11. The van der Waals surface area contributed by atoms with E-state index in [0.717, 1.165) is 16.7 Å². The number of carbonyl (C=O) groups excluding carboxylic acids is 2. The standard InChI is InChI=1S/C31H34Cl2N6O4/c1-16(2)27(36-24-12-19(14-35-18(4)40)7-10-25(24)43-6)26-28(22-9-8-20(32)11-17(22)3)39(31(42)37-29(26)34)21-13-23(33)30(41)38(5)15-21/h7-13,15-16,28,36H,14H2,1-6H3,(H,35,40)(H2,34,37,42)/b27-26-. The number of urea groups is 1. The maximum absolute atomic E-state index is 13.7. The van der Waals surface area contributed by atoms with E-state index in [-0.39, 0.29) is 22.7 Å². The number of hydrogen-bond acceptors (Lipinski definition) is 6.